The van der Waals surface area contributed by atoms with Gasteiger partial charge in [-0.3, -0.25) is 14.5 Å². The monoisotopic (exact) mass is 446 g/mol. The van der Waals surface area contributed by atoms with Crippen molar-refractivity contribution in [3.05, 3.63) is 101 Å². The number of primary amides is 1. The summed E-state index contributed by atoms with van der Waals surface area (Å²) in [4.78, 5) is 27.2. The summed E-state index contributed by atoms with van der Waals surface area (Å²) in [5, 5.41) is 0. The Morgan fingerprint density at radius 3 is 2.00 bits per heavy atom. The first-order valence-corrected chi connectivity index (χ1v) is 11.0. The molecule has 0 radical (unpaired) electrons. The van der Waals surface area contributed by atoms with Crippen molar-refractivity contribution in [2.24, 2.45) is 5.73 Å². The number of methoxy groups -OCH3 is 1. The van der Waals surface area contributed by atoms with E-state index in [4.69, 9.17) is 15.2 Å². The van der Waals surface area contributed by atoms with Crippen LogP contribution < -0.4 is 10.5 Å². The topological polar surface area (TPSA) is 81.9 Å². The number of rotatable bonds is 13. The fraction of sp³-hybridized carbons (Fsp3) is 0.259. The van der Waals surface area contributed by atoms with Gasteiger partial charge in [0.05, 0.1) is 18.7 Å². The summed E-state index contributed by atoms with van der Waals surface area (Å²) in [6.07, 6.45) is 0.684. The van der Waals surface area contributed by atoms with Gasteiger partial charge in [0.15, 0.2) is 5.78 Å². The lowest BCUT2D eigenvalue weighted by atomic mass is 10.0. The third-order valence-electron chi connectivity index (χ3n) is 5.18. The van der Waals surface area contributed by atoms with E-state index in [1.807, 2.05) is 60.7 Å². The number of carbonyl (C=O) groups is 2. The lowest BCUT2D eigenvalue weighted by Gasteiger charge is -2.22. The smallest absolute Gasteiger partial charge is 0.252 e. The van der Waals surface area contributed by atoms with Gasteiger partial charge in [-0.1, -0.05) is 60.7 Å². The van der Waals surface area contributed by atoms with Gasteiger partial charge in [0, 0.05) is 38.8 Å². The van der Waals surface area contributed by atoms with Gasteiger partial charge in [-0.2, -0.15) is 0 Å². The Balaban J connectivity index is 1.75. The number of carbonyl (C=O) groups excluding carboxylic acids is 2. The molecule has 0 aliphatic rings. The highest BCUT2D eigenvalue weighted by atomic mass is 16.5. The second-order valence-electron chi connectivity index (χ2n) is 7.81. The van der Waals surface area contributed by atoms with E-state index in [2.05, 4.69) is 4.90 Å². The van der Waals surface area contributed by atoms with Gasteiger partial charge in [0.25, 0.3) is 5.91 Å². The van der Waals surface area contributed by atoms with Crippen LogP contribution in [0.1, 0.15) is 38.3 Å². The molecule has 3 aromatic carbocycles. The summed E-state index contributed by atoms with van der Waals surface area (Å²) < 4.78 is 10.7. The van der Waals surface area contributed by atoms with Crippen molar-refractivity contribution in [3.63, 3.8) is 0 Å². The summed E-state index contributed by atoms with van der Waals surface area (Å²) in [6, 6.07) is 24.9. The minimum absolute atomic E-state index is 0.0877. The van der Waals surface area contributed by atoms with Crippen LogP contribution in [0.15, 0.2) is 78.9 Å². The van der Waals surface area contributed by atoms with Crippen LogP contribution in [-0.4, -0.2) is 43.5 Å². The van der Waals surface area contributed by atoms with Crippen LogP contribution in [-0.2, 0) is 17.8 Å². The molecule has 0 spiro atoms. The van der Waals surface area contributed by atoms with E-state index in [1.165, 1.54) is 6.07 Å². The molecule has 0 bridgehead atoms. The molecule has 0 saturated carbocycles. The summed E-state index contributed by atoms with van der Waals surface area (Å²) >= 11 is 0. The van der Waals surface area contributed by atoms with Gasteiger partial charge in [-0.25, -0.2) is 0 Å². The summed E-state index contributed by atoms with van der Waals surface area (Å²) in [5.74, 6) is -0.340. The highest BCUT2D eigenvalue weighted by molar-refractivity contribution is 6.02. The summed E-state index contributed by atoms with van der Waals surface area (Å²) in [7, 11) is 1.62. The zero-order chi connectivity index (χ0) is 23.5. The first-order chi connectivity index (χ1) is 16.1. The van der Waals surface area contributed by atoms with Gasteiger partial charge < -0.3 is 15.2 Å². The quantitative estimate of drug-likeness (QED) is 0.316. The minimum atomic E-state index is -0.628. The number of nitrogens with zero attached hydrogens (tertiary/aromatic N) is 1. The Morgan fingerprint density at radius 1 is 0.848 bits per heavy atom. The highest BCUT2D eigenvalue weighted by Gasteiger charge is 2.18. The molecule has 0 aliphatic carbocycles. The number of ketones is 1. The molecule has 2 N–H and O–H groups in total. The predicted molar refractivity (Wildman–Crippen MR) is 128 cm³/mol. The molecule has 0 heterocycles. The van der Waals surface area contributed by atoms with E-state index in [-0.39, 0.29) is 17.9 Å². The van der Waals surface area contributed by atoms with Gasteiger partial charge in [0.2, 0.25) is 0 Å². The van der Waals surface area contributed by atoms with Crippen LogP contribution >= 0.6 is 0 Å². The number of nitrogens with two attached hydrogens (primary N) is 1. The van der Waals surface area contributed by atoms with Crippen molar-refractivity contribution in [2.45, 2.75) is 19.5 Å². The van der Waals surface area contributed by atoms with Gasteiger partial charge in [-0.05, 0) is 29.3 Å². The van der Waals surface area contributed by atoms with E-state index in [1.54, 1.807) is 19.2 Å². The second kappa shape index (κ2) is 12.5. The van der Waals surface area contributed by atoms with Crippen molar-refractivity contribution >= 4 is 11.7 Å². The first kappa shape index (κ1) is 24.2. The lowest BCUT2D eigenvalue weighted by Crippen LogP contribution is -2.29. The molecule has 0 atom stereocenters. The van der Waals surface area contributed by atoms with E-state index < -0.39 is 5.91 Å². The number of benzene rings is 3. The molecule has 0 unspecified atom stereocenters. The van der Waals surface area contributed by atoms with Gasteiger partial charge in [0.1, 0.15) is 5.75 Å². The standard InChI is InChI=1S/C27H30N2O4/c1-32-15-8-16-33-26-14-13-23(17-24(26)27(28)31)25(30)20-29(18-21-9-4-2-5-10-21)19-22-11-6-3-7-12-22/h2-7,9-14,17H,8,15-16,18-20H2,1H3,(H2,28,31). The average Bonchev–Trinajstić information content (AvgIpc) is 2.83. The van der Waals surface area contributed by atoms with E-state index in [9.17, 15) is 9.59 Å². The number of hydrogen-bond donors (Lipinski definition) is 1. The maximum atomic E-state index is 13.2. The molecule has 0 aliphatic heterocycles. The predicted octanol–water partition coefficient (Wildman–Crippen LogP) is 4.09. The molecule has 0 fully saturated rings. The molecule has 172 valence electrons. The third-order valence-corrected chi connectivity index (χ3v) is 5.18. The zero-order valence-electron chi connectivity index (χ0n) is 18.9. The van der Waals surface area contributed by atoms with Crippen LogP contribution in [0.4, 0.5) is 0 Å². The summed E-state index contributed by atoms with van der Waals surface area (Å²) in [5.41, 5.74) is 8.44. The van der Waals surface area contributed by atoms with Crippen LogP contribution in [0.3, 0.4) is 0 Å². The van der Waals surface area contributed by atoms with Gasteiger partial charge in [-0.15, -0.1) is 0 Å². The molecule has 1 amide bonds. The van der Waals surface area contributed by atoms with E-state index in [0.717, 1.165) is 11.1 Å². The molecule has 3 rings (SSSR count). The molecule has 6 nitrogen and oxygen atoms in total. The maximum Gasteiger partial charge on any atom is 0.252 e. The fourth-order valence-corrected chi connectivity index (χ4v) is 3.55. The molecular weight excluding hydrogens is 416 g/mol. The number of ether oxygens (including phenoxy) is 2. The Hall–Kier alpha value is -3.48. The Kier molecular flexibility index (Phi) is 9.18. The first-order valence-electron chi connectivity index (χ1n) is 11.0. The Labute approximate surface area is 194 Å². The maximum absolute atomic E-state index is 13.2. The van der Waals surface area contributed by atoms with Crippen LogP contribution in [0.5, 0.6) is 5.75 Å². The Bertz CT molecular complexity index is 997. The zero-order valence-corrected chi connectivity index (χ0v) is 18.9. The van der Waals surface area contributed by atoms with Crippen LogP contribution in [0, 0.1) is 0 Å². The minimum Gasteiger partial charge on any atom is -0.493 e. The molecule has 0 aromatic heterocycles. The SMILES string of the molecule is COCCCOc1ccc(C(=O)CN(Cc2ccccc2)Cc2ccccc2)cc1C(N)=O. The van der Waals surface area contributed by atoms with Crippen LogP contribution in [0.2, 0.25) is 0 Å². The molecular formula is C27H30N2O4. The second-order valence-corrected chi connectivity index (χ2v) is 7.81. The highest BCUT2D eigenvalue weighted by Crippen LogP contribution is 2.21. The number of amides is 1. The van der Waals surface area contributed by atoms with E-state index in [0.29, 0.717) is 44.0 Å². The normalized spacial score (nSPS) is 10.8. The van der Waals surface area contributed by atoms with Crippen LogP contribution in [0.25, 0.3) is 0 Å². The third kappa shape index (κ3) is 7.56. The molecule has 33 heavy (non-hydrogen) atoms. The number of hydrogen-bond acceptors (Lipinski definition) is 5. The van der Waals surface area contributed by atoms with Gasteiger partial charge >= 0.3 is 0 Å². The van der Waals surface area contributed by atoms with Crippen molar-refractivity contribution in [1.29, 1.82) is 0 Å². The lowest BCUT2D eigenvalue weighted by molar-refractivity contribution is 0.0920. The Morgan fingerprint density at radius 2 is 1.45 bits per heavy atom. The molecule has 6 heteroatoms. The molecule has 0 saturated heterocycles. The number of Topliss-reactive ketones (excluding diaryl/α,β-unsaturated/α-hetero) is 1. The largest absolute Gasteiger partial charge is 0.493 e. The summed E-state index contributed by atoms with van der Waals surface area (Å²) in [6.45, 7) is 2.41. The van der Waals surface area contributed by atoms with Crippen molar-refractivity contribution in [1.82, 2.24) is 4.90 Å². The van der Waals surface area contributed by atoms with Crippen molar-refractivity contribution in [2.75, 3.05) is 26.9 Å². The van der Waals surface area contributed by atoms with E-state index >= 15 is 0 Å². The van der Waals surface area contributed by atoms with Crippen molar-refractivity contribution in [3.8, 4) is 5.75 Å². The molecule has 3 aromatic rings. The van der Waals surface area contributed by atoms with Crippen molar-refractivity contribution < 1.29 is 19.1 Å². The average molecular weight is 447 g/mol. The fourth-order valence-electron chi connectivity index (χ4n) is 3.55.